The Kier molecular flexibility index (Phi) is 14.3. The summed E-state index contributed by atoms with van der Waals surface area (Å²) in [6.07, 6.45) is 1.97. The summed E-state index contributed by atoms with van der Waals surface area (Å²) in [5, 5.41) is 13.3. The van der Waals surface area contributed by atoms with E-state index in [2.05, 4.69) is 337 Å². The van der Waals surface area contributed by atoms with Gasteiger partial charge in [0.1, 0.15) is 11.2 Å². The molecule has 0 bridgehead atoms. The van der Waals surface area contributed by atoms with Crippen LogP contribution in [0.15, 0.2) is 338 Å². The largest absolute Gasteiger partial charge is 0.455 e. The first-order chi connectivity index (χ1) is 43.6. The second-order valence-electron chi connectivity index (χ2n) is 22.1. The Morgan fingerprint density at radius 3 is 1.22 bits per heavy atom. The molecule has 416 valence electrons. The van der Waals surface area contributed by atoms with Gasteiger partial charge in [0.25, 0.3) is 0 Å². The SMILES string of the molecule is c1ccc(-c2cc(Nc3ccccc3-c3ccccc3)cc(-c3ccc(-c4ccc(-c5ccc(Nc6ccccc6-c6cccc(-c7ccc8oc9c(-c%10ccc(Nc%11ccccc%11-c%11ccccc%11)cc%10)cccc9c8c7)c6)cc5)cn4)cc3)c2)cc1. The van der Waals surface area contributed by atoms with Crippen LogP contribution < -0.4 is 16.0 Å². The first kappa shape index (κ1) is 53.0. The second kappa shape index (κ2) is 23.7. The molecule has 5 heteroatoms. The highest BCUT2D eigenvalue weighted by Gasteiger charge is 2.16. The molecule has 5 nitrogen and oxygen atoms in total. The summed E-state index contributed by atoms with van der Waals surface area (Å²) >= 11 is 0. The molecule has 0 aliphatic heterocycles. The third-order valence-corrected chi connectivity index (χ3v) is 16.5. The molecule has 2 heterocycles. The Morgan fingerprint density at radius 1 is 0.227 bits per heavy atom. The van der Waals surface area contributed by atoms with Crippen LogP contribution in [0.5, 0.6) is 0 Å². The summed E-state index contributed by atoms with van der Waals surface area (Å²) in [6, 6.07) is 116. The highest BCUT2D eigenvalue weighted by atomic mass is 16.3. The zero-order valence-corrected chi connectivity index (χ0v) is 48.1. The molecule has 3 N–H and O–H groups in total. The van der Waals surface area contributed by atoms with Gasteiger partial charge in [-0.3, -0.25) is 4.98 Å². The van der Waals surface area contributed by atoms with E-state index >= 15 is 0 Å². The van der Waals surface area contributed by atoms with E-state index in [0.717, 1.165) is 140 Å². The lowest BCUT2D eigenvalue weighted by molar-refractivity contribution is 0.670. The van der Waals surface area contributed by atoms with Gasteiger partial charge in [-0.05, 0) is 146 Å². The predicted molar refractivity (Wildman–Crippen MR) is 370 cm³/mol. The standard InChI is InChI=1S/C83H58N4O/c1-4-18-56(19-5-1)67-51-68(53-71(52-67)87-80-32-14-11-27-73(80)60-22-8-3-9-23-60)58-34-36-62(37-35-58)78-48-42-66(55-84-78)57-38-44-69(45-39-57)86-81-33-15-12-28-74(81)65-25-16-24-63(50-65)64-43-49-82-77(54-64)76-30-17-29-75(83(76)88-82)61-40-46-70(47-41-61)85-79-31-13-10-26-72(79)59-20-6-2-7-21-59/h1-55,85-87H. The van der Waals surface area contributed by atoms with Gasteiger partial charge in [0.05, 0.1) is 5.69 Å². The molecule has 0 saturated heterocycles. The minimum Gasteiger partial charge on any atom is -0.455 e. The Balaban J connectivity index is 0.627. The number of furan rings is 1. The van der Waals surface area contributed by atoms with Crippen molar-refractivity contribution in [1.29, 1.82) is 0 Å². The zero-order valence-electron chi connectivity index (χ0n) is 48.1. The summed E-state index contributed by atoms with van der Waals surface area (Å²) in [5.74, 6) is 0. The molecule has 15 aromatic rings. The zero-order chi connectivity index (χ0) is 58.6. The van der Waals surface area contributed by atoms with Crippen LogP contribution in [0, 0.1) is 0 Å². The fraction of sp³-hybridized carbons (Fsp3) is 0. The number of fused-ring (bicyclic) bond motifs is 3. The third kappa shape index (κ3) is 11.0. The molecule has 0 aliphatic rings. The average Bonchev–Trinajstić information content (AvgIpc) is 2.12. The summed E-state index contributed by atoms with van der Waals surface area (Å²) in [6.45, 7) is 0. The summed E-state index contributed by atoms with van der Waals surface area (Å²) in [5.41, 5.74) is 28.0. The number of rotatable bonds is 15. The minimum absolute atomic E-state index is 0.862. The van der Waals surface area contributed by atoms with Crippen LogP contribution in [0.1, 0.15) is 0 Å². The van der Waals surface area contributed by atoms with Crippen molar-refractivity contribution in [3.05, 3.63) is 334 Å². The van der Waals surface area contributed by atoms with Gasteiger partial charge in [-0.25, -0.2) is 0 Å². The maximum Gasteiger partial charge on any atom is 0.143 e. The van der Waals surface area contributed by atoms with E-state index in [0.29, 0.717) is 0 Å². The lowest BCUT2D eigenvalue weighted by Gasteiger charge is -2.16. The highest BCUT2D eigenvalue weighted by molar-refractivity contribution is 6.11. The predicted octanol–water partition coefficient (Wildman–Crippen LogP) is 23.2. The number of nitrogens with zero attached hydrogens (tertiary/aromatic N) is 1. The van der Waals surface area contributed by atoms with Gasteiger partial charge in [0.2, 0.25) is 0 Å². The van der Waals surface area contributed by atoms with Gasteiger partial charge in [-0.1, -0.05) is 243 Å². The fourth-order valence-corrected chi connectivity index (χ4v) is 12.0. The number of pyridine rings is 1. The Hall–Kier alpha value is -11.8. The van der Waals surface area contributed by atoms with Gasteiger partial charge in [0, 0.05) is 84.5 Å². The van der Waals surface area contributed by atoms with Crippen LogP contribution in [0.4, 0.5) is 34.1 Å². The molecular formula is C83H58N4O. The van der Waals surface area contributed by atoms with Gasteiger partial charge in [-0.15, -0.1) is 0 Å². The lowest BCUT2D eigenvalue weighted by atomic mass is 9.96. The molecule has 0 unspecified atom stereocenters. The molecule has 2 aromatic heterocycles. The smallest absolute Gasteiger partial charge is 0.143 e. The topological polar surface area (TPSA) is 62.1 Å². The Morgan fingerprint density at radius 2 is 0.625 bits per heavy atom. The third-order valence-electron chi connectivity index (χ3n) is 16.5. The first-order valence-corrected chi connectivity index (χ1v) is 29.8. The molecular weight excluding hydrogens is 1070 g/mol. The van der Waals surface area contributed by atoms with Crippen LogP contribution in [-0.2, 0) is 0 Å². The number of benzene rings is 13. The molecule has 0 fully saturated rings. The van der Waals surface area contributed by atoms with E-state index in [1.165, 1.54) is 16.7 Å². The van der Waals surface area contributed by atoms with E-state index in [1.807, 2.05) is 12.3 Å². The molecule has 0 aliphatic carbocycles. The van der Waals surface area contributed by atoms with E-state index in [4.69, 9.17) is 9.40 Å². The molecule has 0 spiro atoms. The maximum atomic E-state index is 6.66. The molecule has 0 radical (unpaired) electrons. The molecule has 0 saturated carbocycles. The quantitative estimate of drug-likeness (QED) is 0.0955. The van der Waals surface area contributed by atoms with Crippen LogP contribution in [0.25, 0.3) is 122 Å². The van der Waals surface area contributed by atoms with Crippen LogP contribution in [0.3, 0.4) is 0 Å². The van der Waals surface area contributed by atoms with E-state index in [9.17, 15) is 0 Å². The van der Waals surface area contributed by atoms with Crippen molar-refractivity contribution < 1.29 is 4.42 Å². The summed E-state index contributed by atoms with van der Waals surface area (Å²) in [4.78, 5) is 4.97. The Bertz CT molecular complexity index is 4940. The highest BCUT2D eigenvalue weighted by Crippen LogP contribution is 2.41. The average molecular weight is 1130 g/mol. The van der Waals surface area contributed by atoms with Crippen molar-refractivity contribution in [2.45, 2.75) is 0 Å². The van der Waals surface area contributed by atoms with Crippen LogP contribution in [0.2, 0.25) is 0 Å². The van der Waals surface area contributed by atoms with E-state index in [-0.39, 0.29) is 0 Å². The molecule has 0 amide bonds. The number of hydrogen-bond donors (Lipinski definition) is 3. The van der Waals surface area contributed by atoms with Crippen molar-refractivity contribution in [3.63, 3.8) is 0 Å². The summed E-state index contributed by atoms with van der Waals surface area (Å²) < 4.78 is 6.66. The number of aromatic nitrogens is 1. The number of anilines is 6. The fourth-order valence-electron chi connectivity index (χ4n) is 12.0. The van der Waals surface area contributed by atoms with Gasteiger partial charge in [0.15, 0.2) is 0 Å². The van der Waals surface area contributed by atoms with Gasteiger partial charge >= 0.3 is 0 Å². The van der Waals surface area contributed by atoms with Crippen molar-refractivity contribution >= 4 is 56.1 Å². The molecule has 15 rings (SSSR count). The first-order valence-electron chi connectivity index (χ1n) is 29.8. The van der Waals surface area contributed by atoms with E-state index in [1.54, 1.807) is 0 Å². The minimum atomic E-state index is 0.862. The van der Waals surface area contributed by atoms with Crippen molar-refractivity contribution in [2.24, 2.45) is 0 Å². The lowest BCUT2D eigenvalue weighted by Crippen LogP contribution is -1.95. The molecule has 0 atom stereocenters. The summed E-state index contributed by atoms with van der Waals surface area (Å²) in [7, 11) is 0. The monoisotopic (exact) mass is 1130 g/mol. The number of para-hydroxylation sites is 4. The van der Waals surface area contributed by atoms with Crippen molar-refractivity contribution in [2.75, 3.05) is 16.0 Å². The van der Waals surface area contributed by atoms with Crippen molar-refractivity contribution in [1.82, 2.24) is 4.98 Å². The van der Waals surface area contributed by atoms with Crippen LogP contribution >= 0.6 is 0 Å². The normalized spacial score (nSPS) is 11.2. The maximum absolute atomic E-state index is 6.66. The van der Waals surface area contributed by atoms with Gasteiger partial charge in [-0.2, -0.15) is 0 Å². The molecule has 88 heavy (non-hydrogen) atoms. The number of nitrogens with one attached hydrogen (secondary N) is 3. The number of hydrogen-bond acceptors (Lipinski definition) is 5. The van der Waals surface area contributed by atoms with Crippen molar-refractivity contribution in [3.8, 4) is 100 Å². The van der Waals surface area contributed by atoms with Crippen LogP contribution in [-0.4, -0.2) is 4.98 Å². The van der Waals surface area contributed by atoms with E-state index < -0.39 is 0 Å². The van der Waals surface area contributed by atoms with Gasteiger partial charge < -0.3 is 20.4 Å². The molecule has 13 aromatic carbocycles. The Labute approximate surface area is 512 Å². The second-order valence-corrected chi connectivity index (χ2v) is 22.1.